The predicted octanol–water partition coefficient (Wildman–Crippen LogP) is 3.75. The molecule has 1 aromatic carbocycles. The Kier molecular flexibility index (Phi) is 3.58. The Bertz CT molecular complexity index is 601. The molecule has 1 atom stereocenters. The Labute approximate surface area is 122 Å². The summed E-state index contributed by atoms with van der Waals surface area (Å²) in [4.78, 5) is 0. The summed E-state index contributed by atoms with van der Waals surface area (Å²) < 4.78 is 0. The minimum absolute atomic E-state index is 0.350. The topological polar surface area (TPSA) is 37.8 Å². The van der Waals surface area contributed by atoms with Gasteiger partial charge in [-0.3, -0.25) is 0 Å². The molecular weight excluding hydrogens is 281 g/mol. The van der Waals surface area contributed by atoms with Crippen LogP contribution in [0.5, 0.6) is 0 Å². The van der Waals surface area contributed by atoms with E-state index in [1.165, 1.54) is 11.1 Å². The van der Waals surface area contributed by atoms with Crippen molar-refractivity contribution in [3.8, 4) is 0 Å². The maximum atomic E-state index is 6.02. The first-order valence-corrected chi connectivity index (χ1v) is 7.00. The smallest absolute Gasteiger partial charge is 0.174 e. The van der Waals surface area contributed by atoms with E-state index < -0.39 is 0 Å². The molecule has 1 heterocycles. The van der Waals surface area contributed by atoms with E-state index in [0.717, 1.165) is 24.9 Å². The molecule has 0 fully saturated rings. The molecule has 5 heteroatoms. The number of nitrogens with one attached hydrogen (secondary N) is 1. The molecule has 0 saturated heterocycles. The van der Waals surface area contributed by atoms with E-state index in [9.17, 15) is 0 Å². The second-order valence-electron chi connectivity index (χ2n) is 4.72. The Morgan fingerprint density at radius 2 is 1.89 bits per heavy atom. The first-order valence-electron chi connectivity index (χ1n) is 6.24. The van der Waals surface area contributed by atoms with Gasteiger partial charge in [-0.15, -0.1) is 10.2 Å². The number of aromatic nitrogens is 2. The summed E-state index contributed by atoms with van der Waals surface area (Å²) in [5, 5.41) is 11.6. The van der Waals surface area contributed by atoms with Crippen molar-refractivity contribution in [1.82, 2.24) is 10.2 Å². The van der Waals surface area contributed by atoms with Crippen molar-refractivity contribution >= 4 is 28.9 Å². The highest BCUT2D eigenvalue weighted by Gasteiger charge is 2.19. The molecule has 2 aromatic rings. The van der Waals surface area contributed by atoms with Crippen LogP contribution in [-0.2, 0) is 12.8 Å². The van der Waals surface area contributed by atoms with Gasteiger partial charge in [-0.25, -0.2) is 0 Å². The van der Waals surface area contributed by atoms with Crippen molar-refractivity contribution in [2.45, 2.75) is 25.3 Å². The van der Waals surface area contributed by atoms with Crippen molar-refractivity contribution in [1.29, 1.82) is 0 Å². The Morgan fingerprint density at radius 1 is 1.11 bits per heavy atom. The fourth-order valence-electron chi connectivity index (χ4n) is 2.50. The van der Waals surface area contributed by atoms with Crippen LogP contribution >= 0.6 is 23.2 Å². The van der Waals surface area contributed by atoms with Crippen LogP contribution in [0.25, 0.3) is 0 Å². The molecule has 0 saturated carbocycles. The van der Waals surface area contributed by atoms with Crippen LogP contribution in [0, 0.1) is 0 Å². The number of nitrogens with zero attached hydrogens (tertiary/aromatic N) is 2. The SMILES string of the molecule is Clc1cc(NC2CCc3ccccc3C2)c(Cl)nn1. The molecule has 1 aliphatic carbocycles. The molecule has 0 radical (unpaired) electrons. The molecule has 0 amide bonds. The number of benzene rings is 1. The molecule has 0 spiro atoms. The molecule has 1 aliphatic rings. The van der Waals surface area contributed by atoms with Crippen molar-refractivity contribution in [3.05, 3.63) is 51.8 Å². The van der Waals surface area contributed by atoms with Crippen LogP contribution in [0.2, 0.25) is 10.3 Å². The Balaban J connectivity index is 1.77. The summed E-state index contributed by atoms with van der Waals surface area (Å²) in [6.45, 7) is 0. The van der Waals surface area contributed by atoms with E-state index in [-0.39, 0.29) is 0 Å². The fraction of sp³-hybridized carbons (Fsp3) is 0.286. The maximum Gasteiger partial charge on any atom is 0.174 e. The average Bonchev–Trinajstić information content (AvgIpc) is 2.43. The van der Waals surface area contributed by atoms with Gasteiger partial charge < -0.3 is 5.32 Å². The van der Waals surface area contributed by atoms with Crippen LogP contribution in [0.3, 0.4) is 0 Å². The van der Waals surface area contributed by atoms with Crippen LogP contribution in [-0.4, -0.2) is 16.2 Å². The molecule has 3 nitrogen and oxygen atoms in total. The monoisotopic (exact) mass is 293 g/mol. The number of aryl methyl sites for hydroxylation is 1. The first kappa shape index (κ1) is 12.7. The summed E-state index contributed by atoms with van der Waals surface area (Å²) in [5.74, 6) is 0. The third-order valence-electron chi connectivity index (χ3n) is 3.43. The number of halogens is 2. The Morgan fingerprint density at radius 3 is 2.74 bits per heavy atom. The van der Waals surface area contributed by atoms with Gasteiger partial charge in [0.15, 0.2) is 10.3 Å². The highest BCUT2D eigenvalue weighted by atomic mass is 35.5. The summed E-state index contributed by atoms with van der Waals surface area (Å²) in [6, 6.07) is 10.6. The number of hydrogen-bond acceptors (Lipinski definition) is 3. The standard InChI is InChI=1S/C14H13Cl2N3/c15-13-8-12(14(16)19-18-13)17-11-6-5-9-3-1-2-4-10(9)7-11/h1-4,8,11H,5-7H2,(H,17,18). The summed E-state index contributed by atoms with van der Waals surface area (Å²) >= 11 is 11.9. The first-order chi connectivity index (χ1) is 9.22. The minimum Gasteiger partial charge on any atom is -0.379 e. The zero-order valence-electron chi connectivity index (χ0n) is 10.2. The zero-order chi connectivity index (χ0) is 13.2. The largest absolute Gasteiger partial charge is 0.379 e. The third kappa shape index (κ3) is 2.82. The lowest BCUT2D eigenvalue weighted by Gasteiger charge is -2.26. The Hall–Kier alpha value is -1.32. The van der Waals surface area contributed by atoms with Crippen LogP contribution < -0.4 is 5.32 Å². The lowest BCUT2D eigenvalue weighted by molar-refractivity contribution is 0.610. The van der Waals surface area contributed by atoms with E-state index >= 15 is 0 Å². The lowest BCUT2D eigenvalue weighted by atomic mass is 9.88. The number of fused-ring (bicyclic) bond motifs is 1. The van der Waals surface area contributed by atoms with E-state index in [4.69, 9.17) is 23.2 Å². The van der Waals surface area contributed by atoms with E-state index in [1.54, 1.807) is 6.07 Å². The fourth-order valence-corrected chi connectivity index (χ4v) is 2.79. The maximum absolute atomic E-state index is 6.02. The second kappa shape index (κ2) is 5.35. The predicted molar refractivity (Wildman–Crippen MR) is 77.9 cm³/mol. The minimum atomic E-state index is 0.350. The van der Waals surface area contributed by atoms with Gasteiger partial charge >= 0.3 is 0 Å². The molecule has 0 aliphatic heterocycles. The summed E-state index contributed by atoms with van der Waals surface area (Å²) in [5.41, 5.74) is 3.60. The zero-order valence-corrected chi connectivity index (χ0v) is 11.7. The van der Waals surface area contributed by atoms with Crippen LogP contribution in [0.1, 0.15) is 17.5 Å². The van der Waals surface area contributed by atoms with Gasteiger partial charge in [0.05, 0.1) is 5.69 Å². The molecular formula is C14H13Cl2N3. The van der Waals surface area contributed by atoms with Gasteiger partial charge in [-0.05, 0) is 30.4 Å². The molecule has 1 aromatic heterocycles. The van der Waals surface area contributed by atoms with Crippen molar-refractivity contribution in [2.75, 3.05) is 5.32 Å². The van der Waals surface area contributed by atoms with Crippen molar-refractivity contribution in [2.24, 2.45) is 0 Å². The molecule has 1 unspecified atom stereocenters. The third-order valence-corrected chi connectivity index (χ3v) is 3.89. The molecule has 3 rings (SSSR count). The van der Waals surface area contributed by atoms with Crippen molar-refractivity contribution in [3.63, 3.8) is 0 Å². The number of hydrogen-bond donors (Lipinski definition) is 1. The molecule has 19 heavy (non-hydrogen) atoms. The molecule has 98 valence electrons. The highest BCUT2D eigenvalue weighted by Crippen LogP contribution is 2.27. The molecule has 0 bridgehead atoms. The van der Waals surface area contributed by atoms with Crippen molar-refractivity contribution < 1.29 is 0 Å². The lowest BCUT2D eigenvalue weighted by Crippen LogP contribution is -2.27. The van der Waals surface area contributed by atoms with Gasteiger partial charge in [0.1, 0.15) is 0 Å². The highest BCUT2D eigenvalue weighted by molar-refractivity contribution is 6.33. The van der Waals surface area contributed by atoms with E-state index in [0.29, 0.717) is 16.3 Å². The van der Waals surface area contributed by atoms with Gasteiger partial charge in [0.2, 0.25) is 0 Å². The number of rotatable bonds is 2. The van der Waals surface area contributed by atoms with Gasteiger partial charge in [0.25, 0.3) is 0 Å². The molecule has 1 N–H and O–H groups in total. The van der Waals surface area contributed by atoms with Crippen LogP contribution in [0.4, 0.5) is 5.69 Å². The van der Waals surface area contributed by atoms with Crippen LogP contribution in [0.15, 0.2) is 30.3 Å². The van der Waals surface area contributed by atoms with Gasteiger partial charge in [-0.2, -0.15) is 0 Å². The normalized spacial score (nSPS) is 17.9. The quantitative estimate of drug-likeness (QED) is 0.916. The van der Waals surface area contributed by atoms with Gasteiger partial charge in [0, 0.05) is 12.1 Å². The second-order valence-corrected chi connectivity index (χ2v) is 5.47. The summed E-state index contributed by atoms with van der Waals surface area (Å²) in [7, 11) is 0. The van der Waals surface area contributed by atoms with Gasteiger partial charge in [-0.1, -0.05) is 47.5 Å². The number of anilines is 1. The van der Waals surface area contributed by atoms with E-state index in [1.807, 2.05) is 0 Å². The van der Waals surface area contributed by atoms with E-state index in [2.05, 4.69) is 39.8 Å². The average molecular weight is 294 g/mol. The summed E-state index contributed by atoms with van der Waals surface area (Å²) in [6.07, 6.45) is 3.15.